The van der Waals surface area contributed by atoms with E-state index >= 15 is 0 Å². The number of likely N-dealkylation sites (tertiary alicyclic amines) is 1. The molecule has 3 fully saturated rings. The zero-order chi connectivity index (χ0) is 38.5. The lowest BCUT2D eigenvalue weighted by Gasteiger charge is -2.38. The first-order valence-corrected chi connectivity index (χ1v) is 17.5. The van der Waals surface area contributed by atoms with Crippen LogP contribution >= 0.6 is 0 Å². The summed E-state index contributed by atoms with van der Waals surface area (Å²) in [6, 6.07) is -4.99. The first kappa shape index (κ1) is 41.3. The predicted octanol–water partition coefficient (Wildman–Crippen LogP) is 2.92. The Kier molecular flexibility index (Phi) is 13.4. The van der Waals surface area contributed by atoms with E-state index in [0.717, 1.165) is 26.3 Å². The number of carbonyl (C=O) groups excluding carboxylic acids is 6. The Balaban J connectivity index is 1.87. The van der Waals surface area contributed by atoms with E-state index in [2.05, 4.69) is 33.8 Å². The van der Waals surface area contributed by atoms with Crippen LogP contribution in [0.5, 0.6) is 0 Å². The summed E-state index contributed by atoms with van der Waals surface area (Å²) in [5, 5.41) is 10.6. The molecule has 1 heterocycles. The highest BCUT2D eigenvalue weighted by Crippen LogP contribution is 2.65. The Labute approximate surface area is 298 Å². The maximum atomic E-state index is 14.5. The number of nitrogens with one attached hydrogen (secondary N) is 4. The fourth-order valence-corrected chi connectivity index (χ4v) is 7.45. The van der Waals surface area contributed by atoms with Gasteiger partial charge in [-0.3, -0.25) is 24.0 Å². The zero-order valence-corrected chi connectivity index (χ0v) is 30.5. The maximum Gasteiger partial charge on any atom is 0.471 e. The molecule has 51 heavy (non-hydrogen) atoms. The molecule has 0 aromatic carbocycles. The molecule has 3 aliphatic rings. The number of urea groups is 1. The van der Waals surface area contributed by atoms with Gasteiger partial charge in [-0.15, -0.1) is 18.9 Å². The van der Waals surface area contributed by atoms with Crippen LogP contribution in [0.2, 0.25) is 0 Å². The smallest absolute Gasteiger partial charge is 0.346 e. The number of alkyl halides is 3. The van der Waals surface area contributed by atoms with E-state index in [-0.39, 0.29) is 49.1 Å². The second-order valence-corrected chi connectivity index (χ2v) is 15.7. The first-order valence-electron chi connectivity index (χ1n) is 17.5. The normalized spacial score (nSPS) is 23.0. The highest BCUT2D eigenvalue weighted by atomic mass is 19.4. The van der Waals surface area contributed by atoms with Gasteiger partial charge < -0.3 is 31.1 Å². The van der Waals surface area contributed by atoms with Crippen molar-refractivity contribution in [2.24, 2.45) is 28.6 Å². The number of hydrogen-bond acceptors (Lipinski definition) is 6. The van der Waals surface area contributed by atoms with Crippen molar-refractivity contribution in [1.82, 2.24) is 31.1 Å². The van der Waals surface area contributed by atoms with E-state index in [1.54, 1.807) is 20.8 Å². The zero-order valence-electron chi connectivity index (χ0n) is 30.5. The number of fused-ring (bicyclic) bond motifs is 1. The van der Waals surface area contributed by atoms with Gasteiger partial charge in [0, 0.05) is 33.1 Å². The van der Waals surface area contributed by atoms with Crippen LogP contribution in [-0.4, -0.2) is 102 Å². The average Bonchev–Trinajstić information content (AvgIpc) is 3.36. The number of carbonyl (C=O) groups is 6. The van der Waals surface area contributed by atoms with Crippen molar-refractivity contribution in [3.05, 3.63) is 12.7 Å². The van der Waals surface area contributed by atoms with E-state index in [9.17, 15) is 41.9 Å². The molecule has 2 aliphatic carbocycles. The fourth-order valence-electron chi connectivity index (χ4n) is 7.45. The fraction of sp³-hybridized carbons (Fsp3) is 0.722. The minimum atomic E-state index is -5.09. The lowest BCUT2D eigenvalue weighted by molar-refractivity contribution is -0.184. The molecule has 12 nitrogen and oxygen atoms in total. The molecule has 6 amide bonds. The molecule has 0 spiro atoms. The van der Waals surface area contributed by atoms with Crippen molar-refractivity contribution in [2.75, 3.05) is 26.7 Å². The van der Waals surface area contributed by atoms with Crippen LogP contribution in [0.1, 0.15) is 79.6 Å². The number of amides is 6. The summed E-state index contributed by atoms with van der Waals surface area (Å²) in [6.45, 7) is 12.5. The van der Waals surface area contributed by atoms with Gasteiger partial charge in [0.25, 0.3) is 5.91 Å². The highest BCUT2D eigenvalue weighted by molar-refractivity contribution is 6.38. The van der Waals surface area contributed by atoms with Gasteiger partial charge in [-0.25, -0.2) is 4.79 Å². The number of rotatable bonds is 14. The number of piperidine rings is 1. The molecular weight excluding hydrogens is 669 g/mol. The molecule has 4 N–H and O–H groups in total. The number of Topliss-reactive ketones (excluding diaryl/α,β-unsaturated/α-hetero) is 1. The third kappa shape index (κ3) is 10.0. The third-order valence-corrected chi connectivity index (χ3v) is 10.7. The Bertz CT molecular complexity index is 1400. The maximum absolute atomic E-state index is 14.5. The van der Waals surface area contributed by atoms with Crippen LogP contribution in [-0.2, 0) is 24.0 Å². The molecular formula is C36H53F3N6O6. The molecule has 0 bridgehead atoms. The van der Waals surface area contributed by atoms with Gasteiger partial charge in [0.05, 0.1) is 12.1 Å². The SMILES string of the molecule is C#CCCC(NC(=O)[C@@H]1[C@@H]2[C@H](CN1C(=O)[C@@H](NC(=O)N[C@H](CN(C)C(=O)C(F)(F)F)C(C)(C)C)C1CCCCC1)C2(C)C)C(=O)C(=O)NCC=C. The van der Waals surface area contributed by atoms with Crippen molar-refractivity contribution in [3.63, 3.8) is 0 Å². The van der Waals surface area contributed by atoms with Gasteiger partial charge >= 0.3 is 18.1 Å². The van der Waals surface area contributed by atoms with Crippen molar-refractivity contribution in [3.8, 4) is 12.3 Å². The highest BCUT2D eigenvalue weighted by Gasteiger charge is 2.69. The molecule has 6 atom stereocenters. The molecule has 1 aliphatic heterocycles. The number of ketones is 1. The topological polar surface area (TPSA) is 157 Å². The van der Waals surface area contributed by atoms with Gasteiger partial charge in [-0.05, 0) is 47.8 Å². The molecule has 2 saturated carbocycles. The number of likely N-dealkylation sites (N-methyl/N-ethyl adjacent to an activating group) is 1. The van der Waals surface area contributed by atoms with Gasteiger partial charge in [0.1, 0.15) is 12.1 Å². The van der Waals surface area contributed by atoms with Crippen LogP contribution in [0.4, 0.5) is 18.0 Å². The Morgan fingerprint density at radius 3 is 2.22 bits per heavy atom. The van der Waals surface area contributed by atoms with Crippen LogP contribution in [0, 0.1) is 40.9 Å². The van der Waals surface area contributed by atoms with Crippen LogP contribution < -0.4 is 21.3 Å². The molecule has 3 rings (SSSR count). The Morgan fingerprint density at radius 2 is 1.67 bits per heavy atom. The molecule has 0 radical (unpaired) electrons. The minimum absolute atomic E-state index is 0.00582. The van der Waals surface area contributed by atoms with E-state index in [4.69, 9.17) is 6.42 Å². The van der Waals surface area contributed by atoms with Crippen molar-refractivity contribution < 1.29 is 41.9 Å². The average molecular weight is 723 g/mol. The standard InChI is InChI=1S/C36H53F3N6O6/c1-9-11-17-23(28(46)30(48)40-18-10-2)41-29(47)27-25-22(35(25,6)7)19-45(27)31(49)26(21-15-13-12-14-16-21)43-33(51)42-24(34(3,4)5)20-44(8)32(50)36(37,38)39/h1,10,21-27H,2,11-20H2,3-8H3,(H,40,48)(H,41,47)(H2,42,43,51)/t22-,23?,24+,25-,26-,27-/m0/s1. The van der Waals surface area contributed by atoms with Gasteiger partial charge in [-0.2, -0.15) is 13.2 Å². The second kappa shape index (κ2) is 16.5. The number of nitrogens with zero attached hydrogens (tertiary/aromatic N) is 2. The summed E-state index contributed by atoms with van der Waals surface area (Å²) in [4.78, 5) is 81.5. The van der Waals surface area contributed by atoms with Gasteiger partial charge in [-0.1, -0.05) is 60.0 Å². The van der Waals surface area contributed by atoms with E-state index < -0.39 is 77.7 Å². The lowest BCUT2D eigenvalue weighted by Crippen LogP contribution is -2.62. The van der Waals surface area contributed by atoms with Crippen LogP contribution in [0.3, 0.4) is 0 Å². The predicted molar refractivity (Wildman–Crippen MR) is 183 cm³/mol. The molecule has 284 valence electrons. The lowest BCUT2D eigenvalue weighted by atomic mass is 9.83. The van der Waals surface area contributed by atoms with E-state index in [0.29, 0.717) is 17.7 Å². The summed E-state index contributed by atoms with van der Waals surface area (Å²) in [5.41, 5.74) is -1.06. The summed E-state index contributed by atoms with van der Waals surface area (Å²) in [6.07, 6.45) is 5.72. The Hall–Kier alpha value is -4.09. The first-order chi connectivity index (χ1) is 23.7. The summed E-state index contributed by atoms with van der Waals surface area (Å²) < 4.78 is 39.4. The molecule has 0 aromatic heterocycles. The number of halogens is 3. The summed E-state index contributed by atoms with van der Waals surface area (Å²) >= 11 is 0. The van der Waals surface area contributed by atoms with E-state index in [1.807, 2.05) is 13.8 Å². The quantitative estimate of drug-likeness (QED) is 0.123. The largest absolute Gasteiger partial charge is 0.471 e. The van der Waals surface area contributed by atoms with Crippen molar-refractivity contribution in [1.29, 1.82) is 0 Å². The number of hydrogen-bond donors (Lipinski definition) is 4. The number of terminal acetylenes is 1. The van der Waals surface area contributed by atoms with Gasteiger partial charge in [0.2, 0.25) is 17.6 Å². The minimum Gasteiger partial charge on any atom is -0.346 e. The summed E-state index contributed by atoms with van der Waals surface area (Å²) in [7, 11) is 1.01. The second-order valence-electron chi connectivity index (χ2n) is 15.7. The van der Waals surface area contributed by atoms with Crippen LogP contribution in [0.25, 0.3) is 0 Å². The van der Waals surface area contributed by atoms with Crippen molar-refractivity contribution in [2.45, 2.75) is 110 Å². The third-order valence-electron chi connectivity index (χ3n) is 10.7. The Morgan fingerprint density at radius 1 is 1.04 bits per heavy atom. The summed E-state index contributed by atoms with van der Waals surface area (Å²) in [5.74, 6) is -3.04. The monoisotopic (exact) mass is 722 g/mol. The van der Waals surface area contributed by atoms with Crippen molar-refractivity contribution >= 4 is 35.4 Å². The van der Waals surface area contributed by atoms with E-state index in [1.165, 1.54) is 11.0 Å². The molecule has 1 saturated heterocycles. The van der Waals surface area contributed by atoms with Gasteiger partial charge in [0.15, 0.2) is 0 Å². The molecule has 0 aromatic rings. The molecule has 1 unspecified atom stereocenters. The molecule has 15 heteroatoms. The van der Waals surface area contributed by atoms with Crippen LogP contribution in [0.15, 0.2) is 12.7 Å².